The maximum absolute atomic E-state index is 14.2. The minimum Gasteiger partial charge on any atom is -0.691 e. The van der Waals surface area contributed by atoms with Crippen molar-refractivity contribution in [3.63, 3.8) is 0 Å². The molecule has 2 aromatic carbocycles. The Labute approximate surface area is 146 Å². The smallest absolute Gasteiger partial charge is 0.228 e. The minimum absolute atomic E-state index is 0.469. The second kappa shape index (κ2) is 7.79. The number of carbonyl (C=O) groups excluding carboxylic acids is 1. The standard InChI is InChI=1S/C12H5F6NO5S2/c1-2(20)19-26(22)12-4-3(5(13)8(16)10(12)18)11(25-24-23-21)9(17)7(15)6(4)14/h21H,1H3,(H,19,20)/p-1. The summed E-state index contributed by atoms with van der Waals surface area (Å²) in [6.45, 7) is 0.815. The first kappa shape index (κ1) is 20.4. The average Bonchev–Trinajstić information content (AvgIpc) is 2.57. The number of benzene rings is 2. The van der Waals surface area contributed by atoms with E-state index in [9.17, 15) is 40.6 Å². The van der Waals surface area contributed by atoms with Crippen molar-refractivity contribution in [2.75, 3.05) is 0 Å². The molecule has 0 aromatic heterocycles. The van der Waals surface area contributed by atoms with Crippen LogP contribution >= 0.6 is 12.0 Å². The summed E-state index contributed by atoms with van der Waals surface area (Å²) in [5.41, 5.74) is 0. The third-order valence-corrected chi connectivity index (χ3v) is 4.78. The van der Waals surface area contributed by atoms with E-state index in [0.29, 0.717) is 0 Å². The predicted molar refractivity (Wildman–Crippen MR) is 71.9 cm³/mol. The third kappa shape index (κ3) is 3.37. The van der Waals surface area contributed by atoms with Crippen molar-refractivity contribution in [3.05, 3.63) is 34.9 Å². The molecule has 0 bridgehead atoms. The zero-order valence-corrected chi connectivity index (χ0v) is 13.8. The van der Waals surface area contributed by atoms with Gasteiger partial charge < -0.3 is 5.26 Å². The topological polar surface area (TPSA) is 87.7 Å². The first-order valence-electron chi connectivity index (χ1n) is 6.12. The normalized spacial score (nSPS) is 12.5. The van der Waals surface area contributed by atoms with Crippen LogP contribution in [-0.4, -0.2) is 10.1 Å². The summed E-state index contributed by atoms with van der Waals surface area (Å²) < 4.78 is 101. The molecule has 1 N–H and O–H groups in total. The number of amides is 1. The molecule has 1 atom stereocenters. The predicted octanol–water partition coefficient (Wildman–Crippen LogP) is 2.06. The van der Waals surface area contributed by atoms with Gasteiger partial charge in [-0.05, 0) is 0 Å². The molecule has 0 aliphatic heterocycles. The highest BCUT2D eigenvalue weighted by molar-refractivity contribution is 7.94. The molecule has 0 heterocycles. The number of nitrogens with one attached hydrogen (secondary N) is 1. The van der Waals surface area contributed by atoms with Gasteiger partial charge in [0, 0.05) is 17.7 Å². The molecule has 2 aromatic rings. The Morgan fingerprint density at radius 2 is 1.50 bits per heavy atom. The van der Waals surface area contributed by atoms with E-state index in [1.807, 2.05) is 0 Å². The van der Waals surface area contributed by atoms with Crippen molar-refractivity contribution < 1.29 is 50.0 Å². The van der Waals surface area contributed by atoms with Crippen molar-refractivity contribution in [2.24, 2.45) is 0 Å². The highest BCUT2D eigenvalue weighted by Gasteiger charge is 2.33. The molecule has 0 aliphatic carbocycles. The number of hydrogen-bond donors (Lipinski definition) is 1. The van der Waals surface area contributed by atoms with Gasteiger partial charge in [-0.2, -0.15) is 4.33 Å². The van der Waals surface area contributed by atoms with Gasteiger partial charge in [0.2, 0.25) is 5.91 Å². The van der Waals surface area contributed by atoms with Crippen LogP contribution in [0.3, 0.4) is 0 Å². The lowest BCUT2D eigenvalue weighted by Crippen LogP contribution is -2.24. The fraction of sp³-hybridized carbons (Fsp3) is 0.0833. The van der Waals surface area contributed by atoms with Crippen LogP contribution in [0.5, 0.6) is 0 Å². The van der Waals surface area contributed by atoms with Crippen LogP contribution in [0.25, 0.3) is 10.8 Å². The number of rotatable bonds is 5. The van der Waals surface area contributed by atoms with Gasteiger partial charge in [0.05, 0.1) is 16.9 Å². The summed E-state index contributed by atoms with van der Waals surface area (Å²) >= 11 is -0.469. The zero-order chi connectivity index (χ0) is 19.8. The summed E-state index contributed by atoms with van der Waals surface area (Å²) in [6.07, 6.45) is 0. The van der Waals surface area contributed by atoms with Gasteiger partial charge in [0.25, 0.3) is 0 Å². The fourth-order valence-corrected chi connectivity index (χ4v) is 3.48. The van der Waals surface area contributed by atoms with Crippen LogP contribution in [0, 0.1) is 34.9 Å². The Kier molecular flexibility index (Phi) is 6.13. The van der Waals surface area contributed by atoms with E-state index in [0.717, 1.165) is 6.92 Å². The average molecular weight is 420 g/mol. The van der Waals surface area contributed by atoms with Gasteiger partial charge in [-0.15, -0.1) is 0 Å². The monoisotopic (exact) mass is 420 g/mol. The zero-order valence-electron chi connectivity index (χ0n) is 12.1. The van der Waals surface area contributed by atoms with Crippen LogP contribution in [0.15, 0.2) is 9.79 Å². The molecule has 0 saturated heterocycles. The molecule has 142 valence electrons. The van der Waals surface area contributed by atoms with Gasteiger partial charge in [-0.3, -0.25) is 14.6 Å². The molecule has 0 saturated carbocycles. The number of fused-ring (bicyclic) bond motifs is 1. The van der Waals surface area contributed by atoms with E-state index in [-0.39, 0.29) is 0 Å². The number of hydrogen-bond acceptors (Lipinski definition) is 6. The highest BCUT2D eigenvalue weighted by Crippen LogP contribution is 2.40. The van der Waals surface area contributed by atoms with E-state index in [4.69, 9.17) is 0 Å². The van der Waals surface area contributed by atoms with Gasteiger partial charge in [0.1, 0.15) is 4.90 Å². The Bertz CT molecular complexity index is 941. The quantitative estimate of drug-likeness (QED) is 0.262. The maximum Gasteiger partial charge on any atom is 0.228 e. The summed E-state index contributed by atoms with van der Waals surface area (Å²) in [7, 11) is -3.01. The van der Waals surface area contributed by atoms with E-state index in [1.165, 1.54) is 0 Å². The number of halogens is 6. The van der Waals surface area contributed by atoms with Gasteiger partial charge >= 0.3 is 0 Å². The van der Waals surface area contributed by atoms with Crippen molar-refractivity contribution in [1.29, 1.82) is 0 Å². The van der Waals surface area contributed by atoms with E-state index in [1.54, 1.807) is 4.72 Å². The van der Waals surface area contributed by atoms with Crippen LogP contribution in [-0.2, 0) is 25.2 Å². The van der Waals surface area contributed by atoms with Gasteiger partial charge in [-0.25, -0.2) is 30.6 Å². The Hall–Kier alpha value is -1.87. The van der Waals surface area contributed by atoms with E-state index >= 15 is 0 Å². The van der Waals surface area contributed by atoms with Crippen LogP contribution in [0.1, 0.15) is 6.92 Å². The highest BCUT2D eigenvalue weighted by atomic mass is 32.2. The molecule has 1 unspecified atom stereocenters. The Morgan fingerprint density at radius 1 is 0.962 bits per heavy atom. The van der Waals surface area contributed by atoms with E-state index < -0.39 is 84.4 Å². The molecule has 14 heteroatoms. The first-order valence-corrected chi connectivity index (χ1v) is 8.01. The first-order chi connectivity index (χ1) is 12.1. The summed E-state index contributed by atoms with van der Waals surface area (Å²) in [4.78, 5) is 8.13. The Balaban J connectivity index is 3.03. The van der Waals surface area contributed by atoms with Crippen LogP contribution in [0.2, 0.25) is 0 Å². The molecule has 6 nitrogen and oxygen atoms in total. The molecule has 0 fully saturated rings. The second-order valence-electron chi connectivity index (χ2n) is 4.44. The molecule has 0 aliphatic rings. The van der Waals surface area contributed by atoms with Crippen molar-refractivity contribution in [3.8, 4) is 0 Å². The largest absolute Gasteiger partial charge is 0.691 e. The summed E-state index contributed by atoms with van der Waals surface area (Å²) in [6, 6.07) is 0. The molecular formula is C12H4F6NO5S2-. The lowest BCUT2D eigenvalue weighted by molar-refractivity contribution is -0.777. The lowest BCUT2D eigenvalue weighted by atomic mass is 10.1. The molecule has 0 radical (unpaired) electrons. The third-order valence-electron chi connectivity index (χ3n) is 2.88. The molecule has 26 heavy (non-hydrogen) atoms. The molecular weight excluding hydrogens is 416 g/mol. The summed E-state index contributed by atoms with van der Waals surface area (Å²) in [5, 5.41) is 9.83. The second-order valence-corrected chi connectivity index (χ2v) is 6.30. The van der Waals surface area contributed by atoms with Crippen LogP contribution in [0.4, 0.5) is 26.3 Å². The molecule has 1 amide bonds. The number of carbonyl (C=O) groups is 1. The fourth-order valence-electron chi connectivity index (χ4n) is 1.96. The maximum atomic E-state index is 14.2. The SMILES string of the molecule is CC(=O)NS(=O)c1c(F)c(F)c(F)c2c(SOO[O-])c(F)c(F)c(F)c12. The van der Waals surface area contributed by atoms with E-state index in [2.05, 4.69) is 9.37 Å². The Morgan fingerprint density at radius 3 is 2.04 bits per heavy atom. The van der Waals surface area contributed by atoms with Crippen LogP contribution < -0.4 is 9.98 Å². The molecule has 2 rings (SSSR count). The van der Waals surface area contributed by atoms with Crippen molar-refractivity contribution in [1.82, 2.24) is 4.72 Å². The van der Waals surface area contributed by atoms with Gasteiger partial charge in [-0.1, -0.05) is 0 Å². The summed E-state index contributed by atoms with van der Waals surface area (Å²) in [5.74, 6) is -14.4. The molecule has 0 spiro atoms. The van der Waals surface area contributed by atoms with Gasteiger partial charge in [0.15, 0.2) is 45.9 Å². The van der Waals surface area contributed by atoms with Crippen molar-refractivity contribution >= 4 is 39.7 Å². The minimum atomic E-state index is -3.01. The lowest BCUT2D eigenvalue weighted by Gasteiger charge is -2.15. The van der Waals surface area contributed by atoms with Crippen molar-refractivity contribution in [2.45, 2.75) is 16.7 Å².